The van der Waals surface area contributed by atoms with E-state index in [1.54, 1.807) is 0 Å². The molecule has 1 saturated carbocycles. The molecule has 0 bridgehead atoms. The Balaban J connectivity index is 1.79. The number of aromatic nitrogens is 1. The molecular formula is C15H24N2O. The Labute approximate surface area is 110 Å². The summed E-state index contributed by atoms with van der Waals surface area (Å²) in [5, 5.41) is 3.34. The van der Waals surface area contributed by atoms with Crippen LogP contribution in [0, 0.1) is 5.92 Å². The molecule has 100 valence electrons. The van der Waals surface area contributed by atoms with Crippen LogP contribution in [0.3, 0.4) is 0 Å². The maximum atomic E-state index is 5.83. The fourth-order valence-electron chi connectivity index (χ4n) is 2.52. The van der Waals surface area contributed by atoms with Gasteiger partial charge in [0.2, 0.25) is 0 Å². The van der Waals surface area contributed by atoms with Crippen molar-refractivity contribution in [2.75, 3.05) is 13.2 Å². The second-order valence-electron chi connectivity index (χ2n) is 5.06. The van der Waals surface area contributed by atoms with Crippen LogP contribution in [0.25, 0.3) is 0 Å². The molecule has 0 atom stereocenters. The van der Waals surface area contributed by atoms with Crippen LogP contribution in [-0.4, -0.2) is 18.1 Å². The summed E-state index contributed by atoms with van der Waals surface area (Å²) in [6.07, 6.45) is 7.29. The standard InChI is InChI=1S/C15H24N2O/c1-2-16-10-14-8-5-9-17-15(14)12-18-11-13-6-3-4-7-13/h5,8-9,13,16H,2-4,6-7,10-12H2,1H3. The van der Waals surface area contributed by atoms with Crippen molar-refractivity contribution < 1.29 is 4.74 Å². The number of rotatable bonds is 7. The van der Waals surface area contributed by atoms with Crippen molar-refractivity contribution in [3.05, 3.63) is 29.6 Å². The molecular weight excluding hydrogens is 224 g/mol. The molecule has 1 aromatic rings. The van der Waals surface area contributed by atoms with Gasteiger partial charge in [-0.2, -0.15) is 0 Å². The van der Waals surface area contributed by atoms with Gasteiger partial charge < -0.3 is 10.1 Å². The van der Waals surface area contributed by atoms with Crippen LogP contribution in [0.5, 0.6) is 0 Å². The number of hydrogen-bond acceptors (Lipinski definition) is 3. The van der Waals surface area contributed by atoms with Gasteiger partial charge in [0.15, 0.2) is 0 Å². The Hall–Kier alpha value is -0.930. The molecule has 3 nitrogen and oxygen atoms in total. The number of pyridine rings is 1. The van der Waals surface area contributed by atoms with Crippen molar-refractivity contribution in [3.8, 4) is 0 Å². The largest absolute Gasteiger partial charge is 0.375 e. The van der Waals surface area contributed by atoms with E-state index in [4.69, 9.17) is 4.74 Å². The zero-order valence-corrected chi connectivity index (χ0v) is 11.3. The lowest BCUT2D eigenvalue weighted by atomic mass is 10.1. The van der Waals surface area contributed by atoms with Gasteiger partial charge in [-0.1, -0.05) is 25.8 Å². The first-order chi connectivity index (χ1) is 8.90. The van der Waals surface area contributed by atoms with Crippen molar-refractivity contribution in [3.63, 3.8) is 0 Å². The van der Waals surface area contributed by atoms with Crippen LogP contribution in [0.2, 0.25) is 0 Å². The highest BCUT2D eigenvalue weighted by molar-refractivity contribution is 5.18. The molecule has 0 aromatic carbocycles. The van der Waals surface area contributed by atoms with Crippen LogP contribution in [0.4, 0.5) is 0 Å². The summed E-state index contributed by atoms with van der Waals surface area (Å²) in [6, 6.07) is 4.12. The molecule has 1 aromatic heterocycles. The molecule has 18 heavy (non-hydrogen) atoms. The first-order valence-electron chi connectivity index (χ1n) is 7.11. The first kappa shape index (κ1) is 13.5. The number of ether oxygens (including phenoxy) is 1. The zero-order valence-electron chi connectivity index (χ0n) is 11.3. The van der Waals surface area contributed by atoms with Gasteiger partial charge in [0.05, 0.1) is 12.3 Å². The van der Waals surface area contributed by atoms with Crippen LogP contribution < -0.4 is 5.32 Å². The molecule has 1 heterocycles. The number of nitrogens with one attached hydrogen (secondary N) is 1. The summed E-state index contributed by atoms with van der Waals surface area (Å²) in [4.78, 5) is 4.43. The van der Waals surface area contributed by atoms with Gasteiger partial charge in [-0.05, 0) is 36.9 Å². The molecule has 0 spiro atoms. The predicted molar refractivity (Wildman–Crippen MR) is 73.2 cm³/mol. The van der Waals surface area contributed by atoms with E-state index < -0.39 is 0 Å². The van der Waals surface area contributed by atoms with E-state index in [2.05, 4.69) is 23.3 Å². The van der Waals surface area contributed by atoms with Gasteiger partial charge in [0.25, 0.3) is 0 Å². The summed E-state index contributed by atoms with van der Waals surface area (Å²) < 4.78 is 5.83. The zero-order chi connectivity index (χ0) is 12.6. The highest BCUT2D eigenvalue weighted by atomic mass is 16.5. The smallest absolute Gasteiger partial charge is 0.0891 e. The lowest BCUT2D eigenvalue weighted by molar-refractivity contribution is 0.0861. The van der Waals surface area contributed by atoms with Gasteiger partial charge in [0.1, 0.15) is 0 Å². The summed E-state index contributed by atoms with van der Waals surface area (Å²) in [7, 11) is 0. The van der Waals surface area contributed by atoms with Gasteiger partial charge in [-0.3, -0.25) is 4.98 Å². The average molecular weight is 248 g/mol. The van der Waals surface area contributed by atoms with Crippen molar-refractivity contribution in [2.24, 2.45) is 5.92 Å². The summed E-state index contributed by atoms with van der Waals surface area (Å²) in [5.74, 6) is 0.783. The lowest BCUT2D eigenvalue weighted by Gasteiger charge is -2.12. The third-order valence-corrected chi connectivity index (χ3v) is 3.62. The van der Waals surface area contributed by atoms with Gasteiger partial charge in [-0.25, -0.2) is 0 Å². The minimum absolute atomic E-state index is 0.651. The molecule has 0 saturated heterocycles. The van der Waals surface area contributed by atoms with Crippen LogP contribution in [0.15, 0.2) is 18.3 Å². The molecule has 1 aliphatic rings. The lowest BCUT2D eigenvalue weighted by Crippen LogP contribution is -2.15. The molecule has 1 N–H and O–H groups in total. The van der Waals surface area contributed by atoms with Gasteiger partial charge in [-0.15, -0.1) is 0 Å². The second-order valence-corrected chi connectivity index (χ2v) is 5.06. The maximum Gasteiger partial charge on any atom is 0.0891 e. The molecule has 0 aliphatic heterocycles. The summed E-state index contributed by atoms with van der Waals surface area (Å²) in [6.45, 7) is 5.53. The molecule has 2 rings (SSSR count). The molecule has 1 fully saturated rings. The highest BCUT2D eigenvalue weighted by Gasteiger charge is 2.15. The molecule has 0 unspecified atom stereocenters. The van der Waals surface area contributed by atoms with Gasteiger partial charge in [0, 0.05) is 19.3 Å². The van der Waals surface area contributed by atoms with Crippen molar-refractivity contribution in [1.29, 1.82) is 0 Å². The first-order valence-corrected chi connectivity index (χ1v) is 7.11. The van der Waals surface area contributed by atoms with E-state index in [9.17, 15) is 0 Å². The fourth-order valence-corrected chi connectivity index (χ4v) is 2.52. The topological polar surface area (TPSA) is 34.2 Å². The molecule has 1 aliphatic carbocycles. The SMILES string of the molecule is CCNCc1cccnc1COCC1CCCC1. The Morgan fingerprint density at radius 3 is 3.00 bits per heavy atom. The van der Waals surface area contributed by atoms with E-state index in [1.807, 2.05) is 12.3 Å². The Bertz CT molecular complexity index is 348. The van der Waals surface area contributed by atoms with Gasteiger partial charge >= 0.3 is 0 Å². The monoisotopic (exact) mass is 248 g/mol. The third kappa shape index (κ3) is 4.07. The third-order valence-electron chi connectivity index (χ3n) is 3.62. The van der Waals surface area contributed by atoms with E-state index in [1.165, 1.54) is 31.2 Å². The van der Waals surface area contributed by atoms with E-state index in [-0.39, 0.29) is 0 Å². The average Bonchev–Trinajstić information content (AvgIpc) is 2.91. The van der Waals surface area contributed by atoms with Crippen molar-refractivity contribution >= 4 is 0 Å². The quantitative estimate of drug-likeness (QED) is 0.805. The van der Waals surface area contributed by atoms with E-state index in [0.29, 0.717) is 6.61 Å². The minimum Gasteiger partial charge on any atom is -0.375 e. The molecule has 3 heteroatoms. The Kier molecular flexibility index (Phi) is 5.62. The number of hydrogen-bond donors (Lipinski definition) is 1. The highest BCUT2D eigenvalue weighted by Crippen LogP contribution is 2.25. The Morgan fingerprint density at radius 1 is 1.39 bits per heavy atom. The molecule has 0 amide bonds. The summed E-state index contributed by atoms with van der Waals surface area (Å²) in [5.41, 5.74) is 2.34. The fraction of sp³-hybridized carbons (Fsp3) is 0.667. The predicted octanol–water partition coefficient (Wildman–Crippen LogP) is 2.90. The van der Waals surface area contributed by atoms with Crippen molar-refractivity contribution in [2.45, 2.75) is 45.8 Å². The van der Waals surface area contributed by atoms with Crippen molar-refractivity contribution in [1.82, 2.24) is 10.3 Å². The van der Waals surface area contributed by atoms with Crippen LogP contribution in [0.1, 0.15) is 43.9 Å². The number of nitrogens with zero attached hydrogens (tertiary/aromatic N) is 1. The Morgan fingerprint density at radius 2 is 2.22 bits per heavy atom. The summed E-state index contributed by atoms with van der Waals surface area (Å²) >= 11 is 0. The van der Waals surface area contributed by atoms with E-state index in [0.717, 1.165) is 31.3 Å². The molecule has 0 radical (unpaired) electrons. The maximum absolute atomic E-state index is 5.83. The van der Waals surface area contributed by atoms with Crippen LogP contribution in [-0.2, 0) is 17.9 Å². The van der Waals surface area contributed by atoms with E-state index >= 15 is 0 Å². The second kappa shape index (κ2) is 7.49. The minimum atomic E-state index is 0.651. The normalized spacial score (nSPS) is 16.3. The van der Waals surface area contributed by atoms with Crippen LogP contribution >= 0.6 is 0 Å².